The van der Waals surface area contributed by atoms with Gasteiger partial charge >= 0.3 is 12.4 Å². The zero-order valence-electron chi connectivity index (χ0n) is 15.1. The lowest BCUT2D eigenvalue weighted by Crippen LogP contribution is -2.12. The molecule has 0 radical (unpaired) electrons. The third-order valence-corrected chi connectivity index (χ3v) is 4.35. The Morgan fingerprint density at radius 1 is 0.935 bits per heavy atom. The summed E-state index contributed by atoms with van der Waals surface area (Å²) < 4.78 is 98.1. The van der Waals surface area contributed by atoms with E-state index in [-0.39, 0.29) is 40.7 Å². The third-order valence-electron chi connectivity index (χ3n) is 4.35. The highest BCUT2D eigenvalue weighted by Crippen LogP contribution is 2.38. The van der Waals surface area contributed by atoms with Gasteiger partial charge in [0.1, 0.15) is 11.4 Å². The average Bonchev–Trinajstić information content (AvgIpc) is 3.36. The van der Waals surface area contributed by atoms with Crippen LogP contribution >= 0.6 is 0 Å². The molecule has 2 N–H and O–H groups in total. The molecule has 31 heavy (non-hydrogen) atoms. The van der Waals surface area contributed by atoms with Crippen LogP contribution in [-0.2, 0) is 18.9 Å². The highest BCUT2D eigenvalue weighted by molar-refractivity contribution is 5.83. The van der Waals surface area contributed by atoms with E-state index in [0.29, 0.717) is 12.1 Å². The number of nitrogens with zero attached hydrogens (tertiary/aromatic N) is 3. The molecule has 13 heteroatoms. The second kappa shape index (κ2) is 7.25. The number of alkyl halides is 6. The van der Waals surface area contributed by atoms with Crippen LogP contribution in [0.25, 0.3) is 22.6 Å². The number of fused-ring (bicyclic) bond motifs is 1. The van der Waals surface area contributed by atoms with Gasteiger partial charge in [-0.15, -0.1) is 10.2 Å². The number of aromatic nitrogens is 4. The molecule has 0 saturated carbocycles. The summed E-state index contributed by atoms with van der Waals surface area (Å²) in [5, 5.41) is 15.4. The van der Waals surface area contributed by atoms with Gasteiger partial charge in [0.05, 0.1) is 16.5 Å². The maximum absolute atomic E-state index is 14.8. The summed E-state index contributed by atoms with van der Waals surface area (Å²) in [5.41, 5.74) is -3.25. The Labute approximate surface area is 168 Å². The van der Waals surface area contributed by atoms with Gasteiger partial charge in [0.15, 0.2) is 5.76 Å². The Bertz CT molecular complexity index is 1200. The van der Waals surface area contributed by atoms with Crippen molar-refractivity contribution in [3.05, 3.63) is 58.9 Å². The second-order valence-electron chi connectivity index (χ2n) is 6.44. The molecule has 0 aliphatic heterocycles. The molecule has 4 aromatic rings. The van der Waals surface area contributed by atoms with Crippen molar-refractivity contribution in [1.29, 1.82) is 0 Å². The van der Waals surface area contributed by atoms with Crippen LogP contribution in [0.2, 0.25) is 0 Å². The predicted octanol–water partition coefficient (Wildman–Crippen LogP) is 5.40. The van der Waals surface area contributed by atoms with Crippen molar-refractivity contribution in [2.75, 3.05) is 5.32 Å². The zero-order chi connectivity index (χ0) is 22.4. The summed E-state index contributed by atoms with van der Waals surface area (Å²) in [7, 11) is 0. The second-order valence-corrected chi connectivity index (χ2v) is 6.44. The summed E-state index contributed by atoms with van der Waals surface area (Å²) in [6.45, 7) is -0.372. The van der Waals surface area contributed by atoms with Gasteiger partial charge in [0, 0.05) is 17.8 Å². The van der Waals surface area contributed by atoms with E-state index in [2.05, 4.69) is 25.9 Å². The van der Waals surface area contributed by atoms with Gasteiger partial charge in [-0.05, 0) is 35.5 Å². The Morgan fingerprint density at radius 3 is 2.19 bits per heavy atom. The largest absolute Gasteiger partial charge is 0.452 e. The van der Waals surface area contributed by atoms with Crippen LogP contribution in [0.15, 0.2) is 40.8 Å². The summed E-state index contributed by atoms with van der Waals surface area (Å²) in [6, 6.07) is 5.09. The number of H-pyrrole nitrogens is 1. The minimum absolute atomic E-state index is 0.000989. The molecule has 0 bridgehead atoms. The Balaban J connectivity index is 1.64. The van der Waals surface area contributed by atoms with E-state index in [1.165, 1.54) is 18.2 Å². The van der Waals surface area contributed by atoms with Crippen molar-refractivity contribution in [3.8, 4) is 11.6 Å². The fourth-order valence-electron chi connectivity index (χ4n) is 2.89. The number of rotatable bonds is 4. The lowest BCUT2D eigenvalue weighted by atomic mass is 10.1. The van der Waals surface area contributed by atoms with E-state index in [9.17, 15) is 30.7 Å². The van der Waals surface area contributed by atoms with E-state index in [1.54, 1.807) is 0 Å². The number of tetrazole rings is 1. The van der Waals surface area contributed by atoms with Crippen LogP contribution in [0.5, 0.6) is 0 Å². The van der Waals surface area contributed by atoms with E-state index >= 15 is 0 Å². The van der Waals surface area contributed by atoms with Gasteiger partial charge < -0.3 is 9.73 Å². The van der Waals surface area contributed by atoms with Crippen molar-refractivity contribution in [3.63, 3.8) is 0 Å². The van der Waals surface area contributed by atoms with Gasteiger partial charge in [0.2, 0.25) is 5.82 Å². The van der Waals surface area contributed by atoms with Crippen molar-refractivity contribution in [2.45, 2.75) is 18.9 Å². The molecule has 0 saturated heterocycles. The minimum Gasteiger partial charge on any atom is -0.452 e. The number of nitrogens with one attached hydrogen (secondary N) is 2. The number of hydrogen-bond donors (Lipinski definition) is 2. The molecule has 0 aliphatic rings. The molecule has 0 aliphatic carbocycles. The molecule has 6 nitrogen and oxygen atoms in total. The van der Waals surface area contributed by atoms with E-state index < -0.39 is 35.0 Å². The fraction of sp³-hybridized carbons (Fsp3) is 0.167. The van der Waals surface area contributed by atoms with Gasteiger partial charge in [-0.25, -0.2) is 4.39 Å². The fourth-order valence-corrected chi connectivity index (χ4v) is 2.89. The summed E-state index contributed by atoms with van der Waals surface area (Å²) >= 11 is 0. The first-order chi connectivity index (χ1) is 14.5. The van der Waals surface area contributed by atoms with Gasteiger partial charge in [-0.1, -0.05) is 6.07 Å². The molecular weight excluding hydrogens is 435 g/mol. The number of furan rings is 1. The summed E-state index contributed by atoms with van der Waals surface area (Å²) in [5.74, 6) is -0.550. The van der Waals surface area contributed by atoms with Crippen molar-refractivity contribution < 1.29 is 35.2 Å². The predicted molar refractivity (Wildman–Crippen MR) is 93.1 cm³/mol. The SMILES string of the molecule is Fc1c(CNc2cc(C(F)(F)F)cc(C(F)(F)F)c2)ccc2oc(-c3nn[nH]n3)cc12. The maximum atomic E-state index is 14.8. The van der Waals surface area contributed by atoms with Crippen molar-refractivity contribution >= 4 is 16.7 Å². The van der Waals surface area contributed by atoms with Crippen LogP contribution in [0, 0.1) is 5.82 Å². The first kappa shape index (κ1) is 20.6. The smallest absolute Gasteiger partial charge is 0.416 e. The molecule has 0 spiro atoms. The molecule has 0 atom stereocenters. The quantitative estimate of drug-likeness (QED) is 0.411. The topological polar surface area (TPSA) is 79.6 Å². The molecule has 0 fully saturated rings. The first-order valence-corrected chi connectivity index (χ1v) is 8.50. The van der Waals surface area contributed by atoms with Crippen LogP contribution in [0.3, 0.4) is 0 Å². The lowest BCUT2D eigenvalue weighted by molar-refractivity contribution is -0.143. The minimum atomic E-state index is -4.98. The third kappa shape index (κ3) is 4.15. The van der Waals surface area contributed by atoms with E-state index in [0.717, 1.165) is 0 Å². The number of benzene rings is 2. The molecule has 2 aromatic carbocycles. The molecule has 2 aromatic heterocycles. The van der Waals surface area contributed by atoms with E-state index in [4.69, 9.17) is 4.42 Å². The first-order valence-electron chi connectivity index (χ1n) is 8.50. The normalized spacial score (nSPS) is 12.5. The van der Waals surface area contributed by atoms with Gasteiger partial charge in [-0.3, -0.25) is 0 Å². The maximum Gasteiger partial charge on any atom is 0.416 e. The standard InChI is InChI=1S/C18H10F7N5O/c19-15-8(1-2-13-12(15)6-14(31-13)16-27-29-30-28-16)7-26-11-4-9(17(20,21)22)3-10(5-11)18(23,24)25/h1-6,26H,7H2,(H,27,28,29,30). The van der Waals surface area contributed by atoms with Crippen LogP contribution in [0.1, 0.15) is 16.7 Å². The number of aromatic amines is 1. The number of hydrogen-bond acceptors (Lipinski definition) is 5. The average molecular weight is 445 g/mol. The Kier molecular flexibility index (Phi) is 4.82. The number of halogens is 7. The molecule has 2 heterocycles. The lowest BCUT2D eigenvalue weighted by Gasteiger charge is -2.15. The van der Waals surface area contributed by atoms with E-state index in [1.807, 2.05) is 0 Å². The highest BCUT2D eigenvalue weighted by atomic mass is 19.4. The zero-order valence-corrected chi connectivity index (χ0v) is 15.1. The summed E-state index contributed by atoms with van der Waals surface area (Å²) in [4.78, 5) is 0. The van der Waals surface area contributed by atoms with Crippen molar-refractivity contribution in [1.82, 2.24) is 20.6 Å². The van der Waals surface area contributed by atoms with Crippen LogP contribution in [-0.4, -0.2) is 20.6 Å². The van der Waals surface area contributed by atoms with Gasteiger partial charge in [-0.2, -0.15) is 31.6 Å². The van der Waals surface area contributed by atoms with Crippen LogP contribution in [0.4, 0.5) is 36.4 Å². The summed E-state index contributed by atoms with van der Waals surface area (Å²) in [6.07, 6.45) is -9.96. The molecule has 162 valence electrons. The Hall–Kier alpha value is -3.64. The molecule has 0 unspecified atom stereocenters. The highest BCUT2D eigenvalue weighted by Gasteiger charge is 2.37. The molecule has 4 rings (SSSR count). The Morgan fingerprint density at radius 2 is 1.61 bits per heavy atom. The van der Waals surface area contributed by atoms with Crippen LogP contribution < -0.4 is 5.32 Å². The van der Waals surface area contributed by atoms with Crippen molar-refractivity contribution in [2.24, 2.45) is 0 Å². The molecule has 0 amide bonds. The number of anilines is 1. The van der Waals surface area contributed by atoms with Gasteiger partial charge in [0.25, 0.3) is 0 Å². The molecular formula is C18H10F7N5O. The monoisotopic (exact) mass is 445 g/mol.